The summed E-state index contributed by atoms with van der Waals surface area (Å²) >= 11 is 0. The average molecular weight is 224 g/mol. The Morgan fingerprint density at radius 2 is 1.79 bits per heavy atom. The standard InChI is InChI=1S/C9H20O4S/c1-4-14(10,11)13-8-7-12-6-5-9(2)3/h9H,4-8H2,1-3H3. The largest absolute Gasteiger partial charge is 0.379 e. The lowest BCUT2D eigenvalue weighted by molar-refractivity contribution is 0.0944. The molecule has 5 heteroatoms. The van der Waals surface area contributed by atoms with Crippen LogP contribution >= 0.6 is 0 Å². The van der Waals surface area contributed by atoms with Crippen LogP contribution in [0, 0.1) is 5.92 Å². The Balaban J connectivity index is 3.31. The van der Waals surface area contributed by atoms with Crippen LogP contribution in [0.15, 0.2) is 0 Å². The van der Waals surface area contributed by atoms with Crippen molar-refractivity contribution < 1.29 is 17.3 Å². The smallest absolute Gasteiger partial charge is 0.267 e. The molecule has 0 radical (unpaired) electrons. The summed E-state index contributed by atoms with van der Waals surface area (Å²) in [6.07, 6.45) is 0.987. The minimum absolute atomic E-state index is 0.0129. The van der Waals surface area contributed by atoms with E-state index in [1.165, 1.54) is 0 Å². The van der Waals surface area contributed by atoms with Crippen LogP contribution in [0.3, 0.4) is 0 Å². The molecule has 86 valence electrons. The molecule has 0 amide bonds. The minimum Gasteiger partial charge on any atom is -0.379 e. The molecule has 0 aromatic heterocycles. The lowest BCUT2D eigenvalue weighted by Crippen LogP contribution is -2.13. The van der Waals surface area contributed by atoms with Crippen molar-refractivity contribution in [3.05, 3.63) is 0 Å². The average Bonchev–Trinajstić information content (AvgIpc) is 2.10. The fraction of sp³-hybridized carbons (Fsp3) is 1.00. The second-order valence-electron chi connectivity index (χ2n) is 3.46. The molecule has 0 aromatic carbocycles. The van der Waals surface area contributed by atoms with Gasteiger partial charge in [-0.05, 0) is 19.3 Å². The quantitative estimate of drug-likeness (QED) is 0.462. The van der Waals surface area contributed by atoms with Crippen LogP contribution in [0.5, 0.6) is 0 Å². The van der Waals surface area contributed by atoms with E-state index in [0.717, 1.165) is 6.42 Å². The van der Waals surface area contributed by atoms with Gasteiger partial charge in [0.05, 0.1) is 19.0 Å². The summed E-state index contributed by atoms with van der Waals surface area (Å²) in [6.45, 7) is 6.89. The fourth-order valence-corrected chi connectivity index (χ4v) is 1.21. The molecule has 14 heavy (non-hydrogen) atoms. The molecule has 0 aliphatic rings. The molecule has 0 aliphatic heterocycles. The molecule has 0 unspecified atom stereocenters. The molecule has 0 saturated heterocycles. The number of hydrogen-bond acceptors (Lipinski definition) is 4. The van der Waals surface area contributed by atoms with Gasteiger partial charge in [-0.15, -0.1) is 0 Å². The van der Waals surface area contributed by atoms with Crippen LogP contribution in [-0.4, -0.2) is 34.0 Å². The first-order valence-electron chi connectivity index (χ1n) is 4.92. The Bertz CT molecular complexity index is 221. The highest BCUT2D eigenvalue weighted by Gasteiger charge is 2.06. The first-order valence-corrected chi connectivity index (χ1v) is 6.50. The van der Waals surface area contributed by atoms with Crippen molar-refractivity contribution in [2.24, 2.45) is 5.92 Å². The van der Waals surface area contributed by atoms with E-state index in [2.05, 4.69) is 18.0 Å². The SMILES string of the molecule is CCS(=O)(=O)OCCOCCC(C)C. The third kappa shape index (κ3) is 8.47. The van der Waals surface area contributed by atoms with Crippen LogP contribution in [0.4, 0.5) is 0 Å². The predicted octanol–water partition coefficient (Wildman–Crippen LogP) is 1.42. The van der Waals surface area contributed by atoms with Gasteiger partial charge in [0.25, 0.3) is 10.1 Å². The van der Waals surface area contributed by atoms with Gasteiger partial charge in [0.15, 0.2) is 0 Å². The molecular formula is C9H20O4S. The highest BCUT2D eigenvalue weighted by atomic mass is 32.2. The van der Waals surface area contributed by atoms with Crippen molar-refractivity contribution in [1.29, 1.82) is 0 Å². The third-order valence-corrected chi connectivity index (χ3v) is 2.92. The second-order valence-corrected chi connectivity index (χ2v) is 5.39. The molecule has 0 aliphatic carbocycles. The third-order valence-electron chi connectivity index (χ3n) is 1.68. The number of rotatable bonds is 8. The molecule has 0 saturated carbocycles. The summed E-state index contributed by atoms with van der Waals surface area (Å²) in [5.41, 5.74) is 0. The Kier molecular flexibility index (Phi) is 7.13. The molecule has 0 spiro atoms. The highest BCUT2D eigenvalue weighted by molar-refractivity contribution is 7.86. The van der Waals surface area contributed by atoms with Crippen LogP contribution < -0.4 is 0 Å². The van der Waals surface area contributed by atoms with Crippen molar-refractivity contribution in [1.82, 2.24) is 0 Å². The van der Waals surface area contributed by atoms with Gasteiger partial charge in [-0.3, -0.25) is 4.18 Å². The van der Waals surface area contributed by atoms with Gasteiger partial charge in [0, 0.05) is 6.61 Å². The molecular weight excluding hydrogens is 204 g/mol. The second kappa shape index (κ2) is 7.20. The topological polar surface area (TPSA) is 52.6 Å². The maximum atomic E-state index is 10.9. The van der Waals surface area contributed by atoms with Crippen molar-refractivity contribution in [2.45, 2.75) is 27.2 Å². The van der Waals surface area contributed by atoms with Crippen molar-refractivity contribution in [3.63, 3.8) is 0 Å². The monoisotopic (exact) mass is 224 g/mol. The van der Waals surface area contributed by atoms with E-state index >= 15 is 0 Å². The van der Waals surface area contributed by atoms with Gasteiger partial charge < -0.3 is 4.74 Å². The van der Waals surface area contributed by atoms with E-state index in [4.69, 9.17) is 4.74 Å². The highest BCUT2D eigenvalue weighted by Crippen LogP contribution is 1.99. The fourth-order valence-electron chi connectivity index (χ4n) is 0.724. The molecule has 0 N–H and O–H groups in total. The summed E-state index contributed by atoms with van der Waals surface area (Å²) in [4.78, 5) is 0. The van der Waals surface area contributed by atoms with Crippen molar-refractivity contribution in [3.8, 4) is 0 Å². The summed E-state index contributed by atoms with van der Waals surface area (Å²) in [5.74, 6) is 0.620. The van der Waals surface area contributed by atoms with E-state index in [1.54, 1.807) is 6.92 Å². The van der Waals surface area contributed by atoms with Gasteiger partial charge in [-0.1, -0.05) is 13.8 Å². The maximum absolute atomic E-state index is 10.9. The summed E-state index contributed by atoms with van der Waals surface area (Å²) in [6, 6.07) is 0. The van der Waals surface area contributed by atoms with Crippen LogP contribution in [-0.2, 0) is 19.0 Å². The molecule has 0 rings (SSSR count). The van der Waals surface area contributed by atoms with Gasteiger partial charge in [0.1, 0.15) is 0 Å². The van der Waals surface area contributed by atoms with Crippen LogP contribution in [0.1, 0.15) is 27.2 Å². The minimum atomic E-state index is -3.30. The summed E-state index contributed by atoms with van der Waals surface area (Å²) in [7, 11) is -3.30. The maximum Gasteiger partial charge on any atom is 0.267 e. The Morgan fingerprint density at radius 1 is 1.14 bits per heavy atom. The van der Waals surface area contributed by atoms with Gasteiger partial charge >= 0.3 is 0 Å². The van der Waals surface area contributed by atoms with Crippen LogP contribution in [0.25, 0.3) is 0 Å². The van der Waals surface area contributed by atoms with E-state index in [0.29, 0.717) is 19.1 Å². The Labute approximate surface area is 86.7 Å². The molecule has 0 fully saturated rings. The molecule has 0 bridgehead atoms. The molecule has 0 atom stereocenters. The zero-order valence-electron chi connectivity index (χ0n) is 9.15. The van der Waals surface area contributed by atoms with Crippen molar-refractivity contribution >= 4 is 10.1 Å². The Morgan fingerprint density at radius 3 is 2.29 bits per heavy atom. The zero-order valence-corrected chi connectivity index (χ0v) is 9.97. The normalized spacial score (nSPS) is 12.3. The van der Waals surface area contributed by atoms with Gasteiger partial charge in [-0.2, -0.15) is 8.42 Å². The van der Waals surface area contributed by atoms with Crippen molar-refractivity contribution in [2.75, 3.05) is 25.6 Å². The molecule has 0 heterocycles. The lowest BCUT2D eigenvalue weighted by Gasteiger charge is -2.06. The summed E-state index contributed by atoms with van der Waals surface area (Å²) < 4.78 is 31.6. The van der Waals surface area contributed by atoms with Gasteiger partial charge in [0.2, 0.25) is 0 Å². The molecule has 0 aromatic rings. The van der Waals surface area contributed by atoms with E-state index in [1.807, 2.05) is 0 Å². The van der Waals surface area contributed by atoms with E-state index < -0.39 is 10.1 Å². The first-order chi connectivity index (χ1) is 6.48. The number of hydrogen-bond donors (Lipinski definition) is 0. The number of ether oxygens (including phenoxy) is 1. The Hall–Kier alpha value is -0.130. The predicted molar refractivity (Wildman–Crippen MR) is 55.7 cm³/mol. The van der Waals surface area contributed by atoms with E-state index in [-0.39, 0.29) is 12.4 Å². The molecule has 4 nitrogen and oxygen atoms in total. The van der Waals surface area contributed by atoms with Crippen LogP contribution in [0.2, 0.25) is 0 Å². The van der Waals surface area contributed by atoms with E-state index in [9.17, 15) is 8.42 Å². The van der Waals surface area contributed by atoms with Gasteiger partial charge in [-0.25, -0.2) is 0 Å². The summed E-state index contributed by atoms with van der Waals surface area (Å²) in [5, 5.41) is 0. The first kappa shape index (κ1) is 13.9. The zero-order chi connectivity index (χ0) is 11.0. The lowest BCUT2D eigenvalue weighted by atomic mass is 10.1.